The predicted molar refractivity (Wildman–Crippen MR) is 86.2 cm³/mol. The molecule has 2 aromatic rings. The molecular weight excluding hydrogens is 290 g/mol. The van der Waals surface area contributed by atoms with Gasteiger partial charge in [-0.1, -0.05) is 12.2 Å². The van der Waals surface area contributed by atoms with Crippen molar-refractivity contribution in [3.8, 4) is 5.75 Å². The van der Waals surface area contributed by atoms with Gasteiger partial charge in [0, 0.05) is 29.6 Å². The Hall–Kier alpha value is -1.50. The predicted octanol–water partition coefficient (Wildman–Crippen LogP) is 2.42. The molecule has 2 rings (SSSR count). The molecule has 106 valence electrons. The lowest BCUT2D eigenvalue weighted by atomic mass is 10.1. The number of rotatable bonds is 6. The Morgan fingerprint density at radius 3 is 2.85 bits per heavy atom. The minimum Gasteiger partial charge on any atom is -0.496 e. The van der Waals surface area contributed by atoms with E-state index < -0.39 is 0 Å². The van der Waals surface area contributed by atoms with Gasteiger partial charge < -0.3 is 10.5 Å². The summed E-state index contributed by atoms with van der Waals surface area (Å²) in [6.07, 6.45) is 0. The minimum atomic E-state index is 0.399. The average molecular weight is 307 g/mol. The number of methoxy groups -OCH3 is 1. The molecule has 0 saturated carbocycles. The van der Waals surface area contributed by atoms with Crippen LogP contribution in [0.4, 0.5) is 0 Å². The second-order valence-corrected chi connectivity index (χ2v) is 5.70. The number of ether oxygens (including phenoxy) is 1. The second-order valence-electron chi connectivity index (χ2n) is 4.54. The van der Waals surface area contributed by atoms with E-state index in [1.54, 1.807) is 18.4 Å². The number of nitrogens with zero attached hydrogens (tertiary/aromatic N) is 2. The maximum Gasteiger partial charge on any atom is 0.123 e. The third-order valence-electron chi connectivity index (χ3n) is 2.92. The van der Waals surface area contributed by atoms with Gasteiger partial charge in [0.05, 0.1) is 18.3 Å². The highest BCUT2D eigenvalue weighted by Gasteiger charge is 2.10. The largest absolute Gasteiger partial charge is 0.496 e. The summed E-state index contributed by atoms with van der Waals surface area (Å²) in [6, 6.07) is 5.77. The molecular formula is C14H17N3OS2. The van der Waals surface area contributed by atoms with Crippen LogP contribution in [0.25, 0.3) is 0 Å². The van der Waals surface area contributed by atoms with E-state index in [-0.39, 0.29) is 0 Å². The van der Waals surface area contributed by atoms with E-state index in [1.807, 2.05) is 30.8 Å². The molecule has 0 atom stereocenters. The van der Waals surface area contributed by atoms with Gasteiger partial charge in [0.2, 0.25) is 0 Å². The summed E-state index contributed by atoms with van der Waals surface area (Å²) in [4.78, 5) is 6.87. The molecule has 0 radical (unpaired) electrons. The van der Waals surface area contributed by atoms with Gasteiger partial charge in [-0.2, -0.15) is 0 Å². The van der Waals surface area contributed by atoms with E-state index in [1.165, 1.54) is 0 Å². The molecule has 1 heterocycles. The molecule has 20 heavy (non-hydrogen) atoms. The van der Waals surface area contributed by atoms with Crippen molar-refractivity contribution in [3.05, 3.63) is 45.9 Å². The molecule has 0 aliphatic carbocycles. The fraction of sp³-hybridized carbons (Fsp3) is 0.286. The van der Waals surface area contributed by atoms with Gasteiger partial charge in [0.15, 0.2) is 0 Å². The van der Waals surface area contributed by atoms with Crippen molar-refractivity contribution in [2.75, 3.05) is 14.2 Å². The van der Waals surface area contributed by atoms with Crippen LogP contribution in [0.15, 0.2) is 29.1 Å². The van der Waals surface area contributed by atoms with Crippen LogP contribution in [-0.4, -0.2) is 29.0 Å². The summed E-state index contributed by atoms with van der Waals surface area (Å²) in [5.41, 5.74) is 10.5. The van der Waals surface area contributed by atoms with Crippen LogP contribution in [0.5, 0.6) is 5.75 Å². The Morgan fingerprint density at radius 2 is 2.25 bits per heavy atom. The Balaban J connectivity index is 2.14. The fourth-order valence-corrected chi connectivity index (χ4v) is 2.67. The van der Waals surface area contributed by atoms with Gasteiger partial charge in [-0.15, -0.1) is 11.3 Å². The molecule has 6 heteroatoms. The van der Waals surface area contributed by atoms with Crippen molar-refractivity contribution >= 4 is 28.5 Å². The van der Waals surface area contributed by atoms with Crippen molar-refractivity contribution in [1.29, 1.82) is 0 Å². The molecule has 0 bridgehead atoms. The topological polar surface area (TPSA) is 51.4 Å². The Labute approximate surface area is 128 Å². The second kappa shape index (κ2) is 6.78. The van der Waals surface area contributed by atoms with Gasteiger partial charge in [-0.3, -0.25) is 4.90 Å². The zero-order valence-corrected chi connectivity index (χ0v) is 13.1. The molecule has 0 fully saturated rings. The SMILES string of the molecule is COc1ccc(C(N)=S)cc1CN(C)Cc1cscn1. The number of thiazole rings is 1. The van der Waals surface area contributed by atoms with Crippen LogP contribution >= 0.6 is 23.6 Å². The molecule has 0 unspecified atom stereocenters. The van der Waals surface area contributed by atoms with E-state index in [0.29, 0.717) is 4.99 Å². The summed E-state index contributed by atoms with van der Waals surface area (Å²) in [6.45, 7) is 1.54. The summed E-state index contributed by atoms with van der Waals surface area (Å²) < 4.78 is 5.39. The van der Waals surface area contributed by atoms with Crippen LogP contribution in [-0.2, 0) is 13.1 Å². The molecule has 1 aromatic heterocycles. The number of aromatic nitrogens is 1. The first-order chi connectivity index (χ1) is 9.60. The van der Waals surface area contributed by atoms with Crippen molar-refractivity contribution in [2.24, 2.45) is 5.73 Å². The van der Waals surface area contributed by atoms with Crippen molar-refractivity contribution in [2.45, 2.75) is 13.1 Å². The van der Waals surface area contributed by atoms with E-state index in [0.717, 1.165) is 35.7 Å². The van der Waals surface area contributed by atoms with E-state index in [2.05, 4.69) is 15.3 Å². The Morgan fingerprint density at radius 1 is 1.45 bits per heavy atom. The van der Waals surface area contributed by atoms with E-state index in [4.69, 9.17) is 22.7 Å². The zero-order valence-electron chi connectivity index (χ0n) is 11.5. The van der Waals surface area contributed by atoms with Crippen molar-refractivity contribution < 1.29 is 4.74 Å². The Bertz CT molecular complexity index is 584. The molecule has 0 aliphatic rings. The lowest BCUT2D eigenvalue weighted by molar-refractivity contribution is 0.307. The van der Waals surface area contributed by atoms with Gasteiger partial charge in [0.25, 0.3) is 0 Å². The minimum absolute atomic E-state index is 0.399. The zero-order chi connectivity index (χ0) is 14.5. The highest BCUT2D eigenvalue weighted by Crippen LogP contribution is 2.22. The standard InChI is InChI=1S/C14H17N3OS2/c1-17(7-12-8-20-9-16-12)6-11-5-10(14(15)19)3-4-13(11)18-2/h3-5,8-9H,6-7H2,1-2H3,(H2,15,19). The van der Waals surface area contributed by atoms with Crippen LogP contribution in [0.2, 0.25) is 0 Å². The molecule has 0 spiro atoms. The highest BCUT2D eigenvalue weighted by atomic mass is 32.1. The molecule has 4 nitrogen and oxygen atoms in total. The lowest BCUT2D eigenvalue weighted by Crippen LogP contribution is -2.18. The lowest BCUT2D eigenvalue weighted by Gasteiger charge is -2.18. The third-order valence-corrected chi connectivity index (χ3v) is 3.79. The summed E-state index contributed by atoms with van der Waals surface area (Å²) in [5, 5.41) is 2.05. The molecule has 2 N–H and O–H groups in total. The average Bonchev–Trinajstić information content (AvgIpc) is 2.91. The van der Waals surface area contributed by atoms with Gasteiger partial charge in [-0.05, 0) is 25.2 Å². The van der Waals surface area contributed by atoms with Gasteiger partial charge in [0.1, 0.15) is 10.7 Å². The summed E-state index contributed by atoms with van der Waals surface area (Å²) >= 11 is 6.63. The first-order valence-electron chi connectivity index (χ1n) is 6.12. The molecule has 1 aromatic carbocycles. The summed E-state index contributed by atoms with van der Waals surface area (Å²) in [7, 11) is 3.71. The van der Waals surface area contributed by atoms with Gasteiger partial charge in [-0.25, -0.2) is 4.98 Å². The first kappa shape index (κ1) is 14.9. The third kappa shape index (κ3) is 3.75. The summed E-state index contributed by atoms with van der Waals surface area (Å²) in [5.74, 6) is 0.843. The number of hydrogen-bond donors (Lipinski definition) is 1. The molecule has 0 aliphatic heterocycles. The number of benzene rings is 1. The monoisotopic (exact) mass is 307 g/mol. The normalized spacial score (nSPS) is 10.8. The number of thiocarbonyl (C=S) groups is 1. The highest BCUT2D eigenvalue weighted by molar-refractivity contribution is 7.80. The van der Waals surface area contributed by atoms with E-state index >= 15 is 0 Å². The van der Waals surface area contributed by atoms with Crippen LogP contribution < -0.4 is 10.5 Å². The van der Waals surface area contributed by atoms with Crippen LogP contribution in [0.1, 0.15) is 16.8 Å². The van der Waals surface area contributed by atoms with Crippen LogP contribution in [0, 0.1) is 0 Å². The number of hydrogen-bond acceptors (Lipinski definition) is 5. The first-order valence-corrected chi connectivity index (χ1v) is 7.47. The molecule has 0 amide bonds. The van der Waals surface area contributed by atoms with Gasteiger partial charge >= 0.3 is 0 Å². The maximum absolute atomic E-state index is 5.68. The smallest absolute Gasteiger partial charge is 0.123 e. The van der Waals surface area contributed by atoms with Crippen LogP contribution in [0.3, 0.4) is 0 Å². The Kier molecular flexibility index (Phi) is 5.05. The quantitative estimate of drug-likeness (QED) is 0.831. The molecule has 0 saturated heterocycles. The van der Waals surface area contributed by atoms with Crippen molar-refractivity contribution in [1.82, 2.24) is 9.88 Å². The van der Waals surface area contributed by atoms with Crippen molar-refractivity contribution in [3.63, 3.8) is 0 Å². The van der Waals surface area contributed by atoms with E-state index in [9.17, 15) is 0 Å². The fourth-order valence-electron chi connectivity index (χ4n) is 1.99. The maximum atomic E-state index is 5.68. The number of nitrogens with two attached hydrogens (primary N) is 1.